The van der Waals surface area contributed by atoms with E-state index in [1.54, 1.807) is 6.92 Å². The van der Waals surface area contributed by atoms with Gasteiger partial charge in [-0.3, -0.25) is 0 Å². The lowest BCUT2D eigenvalue weighted by Crippen LogP contribution is -2.49. The van der Waals surface area contributed by atoms with Crippen LogP contribution in [0.25, 0.3) is 0 Å². The molecule has 1 atom stereocenters. The molecule has 0 aromatic heterocycles. The van der Waals surface area contributed by atoms with Gasteiger partial charge in [0, 0.05) is 7.11 Å². The first-order valence-electron chi connectivity index (χ1n) is 4.50. The molecule has 0 heterocycles. The molecule has 0 bridgehead atoms. The van der Waals surface area contributed by atoms with Crippen molar-refractivity contribution in [1.82, 2.24) is 4.72 Å². The van der Waals surface area contributed by atoms with Crippen LogP contribution in [0, 0.1) is 0 Å². The van der Waals surface area contributed by atoms with Crippen LogP contribution in [0.3, 0.4) is 0 Å². The quantitative estimate of drug-likeness (QED) is 0.624. The van der Waals surface area contributed by atoms with Gasteiger partial charge in [0.05, 0.1) is 24.5 Å². The predicted molar refractivity (Wildman–Crippen MR) is 54.6 cm³/mol. The summed E-state index contributed by atoms with van der Waals surface area (Å²) in [6.07, 6.45) is 0.537. The Morgan fingerprint density at radius 2 is 2.07 bits per heavy atom. The second kappa shape index (κ2) is 5.65. The van der Waals surface area contributed by atoms with Gasteiger partial charge in [-0.1, -0.05) is 6.92 Å². The van der Waals surface area contributed by atoms with Gasteiger partial charge < -0.3 is 9.84 Å². The monoisotopic (exact) mass is 225 g/mol. The number of nitrogens with one attached hydrogen (secondary N) is 1. The number of methoxy groups -OCH3 is 1. The number of aliphatic hydroxyl groups is 1. The molecule has 0 aliphatic heterocycles. The van der Waals surface area contributed by atoms with E-state index in [4.69, 9.17) is 5.11 Å². The van der Waals surface area contributed by atoms with Gasteiger partial charge in [0.25, 0.3) is 0 Å². The number of rotatable bonds is 7. The number of hydrogen-bond acceptors (Lipinski definition) is 4. The summed E-state index contributed by atoms with van der Waals surface area (Å²) in [6.45, 7) is 3.42. The maximum atomic E-state index is 11.4. The van der Waals surface area contributed by atoms with Crippen LogP contribution >= 0.6 is 0 Å². The zero-order valence-electron chi connectivity index (χ0n) is 8.91. The standard InChI is InChI=1S/C8H19NO4S/c1-4-8(2,7-10)9-14(11,12)6-5-13-3/h9-10H,4-7H2,1-3H3. The van der Waals surface area contributed by atoms with E-state index in [1.807, 2.05) is 6.92 Å². The average Bonchev–Trinajstić information content (AvgIpc) is 2.14. The number of aliphatic hydroxyl groups excluding tert-OH is 1. The van der Waals surface area contributed by atoms with Crippen LogP contribution in [-0.4, -0.2) is 45.1 Å². The Hall–Kier alpha value is -0.170. The highest BCUT2D eigenvalue weighted by Gasteiger charge is 2.26. The molecule has 0 spiro atoms. The highest BCUT2D eigenvalue weighted by atomic mass is 32.2. The first-order chi connectivity index (χ1) is 6.39. The van der Waals surface area contributed by atoms with Crippen LogP contribution < -0.4 is 4.72 Å². The molecule has 6 heteroatoms. The third-order valence-corrected chi connectivity index (χ3v) is 3.60. The molecule has 0 aromatic carbocycles. The minimum Gasteiger partial charge on any atom is -0.394 e. The fourth-order valence-electron chi connectivity index (χ4n) is 0.836. The summed E-state index contributed by atoms with van der Waals surface area (Å²) in [5.41, 5.74) is -0.771. The topological polar surface area (TPSA) is 75.6 Å². The molecule has 5 nitrogen and oxygen atoms in total. The minimum atomic E-state index is -3.36. The maximum Gasteiger partial charge on any atom is 0.214 e. The first-order valence-corrected chi connectivity index (χ1v) is 6.16. The second-order valence-electron chi connectivity index (χ2n) is 3.49. The van der Waals surface area contributed by atoms with Gasteiger partial charge in [-0.15, -0.1) is 0 Å². The molecule has 2 N–H and O–H groups in total. The largest absolute Gasteiger partial charge is 0.394 e. The van der Waals surface area contributed by atoms with E-state index in [0.29, 0.717) is 6.42 Å². The second-order valence-corrected chi connectivity index (χ2v) is 5.33. The summed E-state index contributed by atoms with van der Waals surface area (Å²) in [4.78, 5) is 0. The number of hydrogen-bond donors (Lipinski definition) is 2. The van der Waals surface area contributed by atoms with Crippen molar-refractivity contribution in [3.63, 3.8) is 0 Å². The summed E-state index contributed by atoms with van der Waals surface area (Å²) < 4.78 is 30.0. The Balaban J connectivity index is 4.33. The molecule has 0 aromatic rings. The molecular formula is C8H19NO4S. The third kappa shape index (κ3) is 4.90. The van der Waals surface area contributed by atoms with Crippen molar-refractivity contribution < 1.29 is 18.3 Å². The zero-order chi connectivity index (χ0) is 11.2. The Kier molecular flexibility index (Phi) is 5.58. The van der Waals surface area contributed by atoms with Crippen LogP contribution in [-0.2, 0) is 14.8 Å². The molecule has 0 saturated carbocycles. The van der Waals surface area contributed by atoms with Gasteiger partial charge >= 0.3 is 0 Å². The van der Waals surface area contributed by atoms with Crippen LogP contribution in [0.2, 0.25) is 0 Å². The van der Waals surface area contributed by atoms with E-state index in [9.17, 15) is 8.42 Å². The Labute approximate surface area is 85.5 Å². The van der Waals surface area contributed by atoms with Crippen molar-refractivity contribution >= 4 is 10.0 Å². The Bertz CT molecular complexity index is 246. The molecule has 86 valence electrons. The lowest BCUT2D eigenvalue weighted by atomic mass is 10.0. The van der Waals surface area contributed by atoms with Gasteiger partial charge in [-0.05, 0) is 13.3 Å². The molecule has 0 rings (SSSR count). The van der Waals surface area contributed by atoms with E-state index in [0.717, 1.165) is 0 Å². The summed E-state index contributed by atoms with van der Waals surface area (Å²) in [7, 11) is -1.92. The van der Waals surface area contributed by atoms with Crippen molar-refractivity contribution in [1.29, 1.82) is 0 Å². The van der Waals surface area contributed by atoms with Crippen molar-refractivity contribution in [2.75, 3.05) is 26.1 Å². The fourth-order valence-corrected chi connectivity index (χ4v) is 2.28. The van der Waals surface area contributed by atoms with Crippen molar-refractivity contribution in [3.05, 3.63) is 0 Å². The van der Waals surface area contributed by atoms with Gasteiger partial charge in [-0.25, -0.2) is 13.1 Å². The number of sulfonamides is 1. The van der Waals surface area contributed by atoms with Crippen molar-refractivity contribution in [2.24, 2.45) is 0 Å². The SMILES string of the molecule is CCC(C)(CO)NS(=O)(=O)CCOC. The molecule has 0 saturated heterocycles. The molecule has 14 heavy (non-hydrogen) atoms. The normalized spacial score (nSPS) is 16.6. The van der Waals surface area contributed by atoms with Crippen molar-refractivity contribution in [3.8, 4) is 0 Å². The van der Waals surface area contributed by atoms with E-state index < -0.39 is 15.6 Å². The van der Waals surface area contributed by atoms with Gasteiger partial charge in [0.2, 0.25) is 10.0 Å². The van der Waals surface area contributed by atoms with Crippen LogP contribution in [0.15, 0.2) is 0 Å². The molecule has 0 amide bonds. The van der Waals surface area contributed by atoms with Gasteiger partial charge in [-0.2, -0.15) is 0 Å². The number of ether oxygens (including phenoxy) is 1. The fraction of sp³-hybridized carbons (Fsp3) is 1.00. The highest BCUT2D eigenvalue weighted by Crippen LogP contribution is 2.09. The van der Waals surface area contributed by atoms with Gasteiger partial charge in [0.15, 0.2) is 0 Å². The van der Waals surface area contributed by atoms with E-state index in [1.165, 1.54) is 7.11 Å². The summed E-state index contributed by atoms with van der Waals surface area (Å²) in [5.74, 6) is -0.0842. The summed E-state index contributed by atoms with van der Waals surface area (Å²) in [6, 6.07) is 0. The minimum absolute atomic E-state index is 0.0842. The van der Waals surface area contributed by atoms with Crippen molar-refractivity contribution in [2.45, 2.75) is 25.8 Å². The van der Waals surface area contributed by atoms with Crippen LogP contribution in [0.4, 0.5) is 0 Å². The zero-order valence-corrected chi connectivity index (χ0v) is 9.73. The van der Waals surface area contributed by atoms with E-state index in [2.05, 4.69) is 9.46 Å². The molecular weight excluding hydrogens is 206 g/mol. The molecule has 1 unspecified atom stereocenters. The highest BCUT2D eigenvalue weighted by molar-refractivity contribution is 7.89. The summed E-state index contributed by atoms with van der Waals surface area (Å²) >= 11 is 0. The molecule has 0 radical (unpaired) electrons. The lowest BCUT2D eigenvalue weighted by Gasteiger charge is -2.26. The predicted octanol–water partition coefficient (Wildman–Crippen LogP) is -0.287. The maximum absolute atomic E-state index is 11.4. The average molecular weight is 225 g/mol. The lowest BCUT2D eigenvalue weighted by molar-refractivity contribution is 0.189. The molecule has 0 aliphatic carbocycles. The Morgan fingerprint density at radius 1 is 1.50 bits per heavy atom. The Morgan fingerprint density at radius 3 is 2.43 bits per heavy atom. The van der Waals surface area contributed by atoms with Gasteiger partial charge in [0.1, 0.15) is 0 Å². The first kappa shape index (κ1) is 13.8. The van der Waals surface area contributed by atoms with E-state index in [-0.39, 0.29) is 19.0 Å². The molecule has 0 fully saturated rings. The van der Waals surface area contributed by atoms with Crippen LogP contribution in [0.1, 0.15) is 20.3 Å². The van der Waals surface area contributed by atoms with E-state index >= 15 is 0 Å². The third-order valence-electron chi connectivity index (χ3n) is 2.09. The smallest absolute Gasteiger partial charge is 0.214 e. The van der Waals surface area contributed by atoms with Crippen LogP contribution in [0.5, 0.6) is 0 Å². The summed E-state index contributed by atoms with van der Waals surface area (Å²) in [5, 5.41) is 9.02. The molecule has 0 aliphatic rings.